The third-order valence-electron chi connectivity index (χ3n) is 3.25. The lowest BCUT2D eigenvalue weighted by Gasteiger charge is -2.14. The van der Waals surface area contributed by atoms with Gasteiger partial charge in [-0.2, -0.15) is 0 Å². The van der Waals surface area contributed by atoms with Crippen molar-refractivity contribution in [3.05, 3.63) is 36.0 Å². The molecule has 0 unspecified atom stereocenters. The van der Waals surface area contributed by atoms with Crippen molar-refractivity contribution in [2.75, 3.05) is 13.7 Å². The maximum atomic E-state index is 9.16. The highest BCUT2D eigenvalue weighted by molar-refractivity contribution is 5.84. The molecule has 0 aliphatic rings. The normalized spacial score (nSPS) is 12.6. The van der Waals surface area contributed by atoms with Gasteiger partial charge in [0.25, 0.3) is 0 Å². The van der Waals surface area contributed by atoms with E-state index in [2.05, 4.69) is 10.3 Å². The third-order valence-corrected chi connectivity index (χ3v) is 3.25. The molecule has 0 saturated heterocycles. The number of aliphatic hydroxyl groups is 1. The zero-order valence-electron chi connectivity index (χ0n) is 11.4. The minimum atomic E-state index is 0.121. The van der Waals surface area contributed by atoms with Gasteiger partial charge in [-0.1, -0.05) is 25.1 Å². The molecule has 0 radical (unpaired) electrons. The van der Waals surface area contributed by atoms with Gasteiger partial charge in [-0.05, 0) is 18.6 Å². The van der Waals surface area contributed by atoms with Crippen LogP contribution in [0.5, 0.6) is 5.75 Å². The second-order valence-electron chi connectivity index (χ2n) is 4.50. The Morgan fingerprint density at radius 3 is 2.84 bits per heavy atom. The van der Waals surface area contributed by atoms with Gasteiger partial charge in [-0.15, -0.1) is 0 Å². The molecule has 102 valence electrons. The number of pyridine rings is 1. The molecule has 0 aliphatic heterocycles. The number of methoxy groups -OCH3 is 1. The van der Waals surface area contributed by atoms with E-state index in [0.717, 1.165) is 28.8 Å². The molecule has 4 heteroatoms. The molecular weight excluding hydrogens is 240 g/mol. The topological polar surface area (TPSA) is 54.4 Å². The van der Waals surface area contributed by atoms with Crippen molar-refractivity contribution < 1.29 is 9.84 Å². The van der Waals surface area contributed by atoms with Gasteiger partial charge in [-0.25, -0.2) is 4.98 Å². The average molecular weight is 260 g/mol. The fourth-order valence-electron chi connectivity index (χ4n) is 2.01. The number of aromatic nitrogens is 1. The number of para-hydroxylation sites is 1. The molecule has 0 bridgehead atoms. The fourth-order valence-corrected chi connectivity index (χ4v) is 2.01. The van der Waals surface area contributed by atoms with E-state index in [4.69, 9.17) is 9.84 Å². The van der Waals surface area contributed by atoms with Crippen LogP contribution in [0.3, 0.4) is 0 Å². The van der Waals surface area contributed by atoms with E-state index < -0.39 is 0 Å². The maximum Gasteiger partial charge on any atom is 0.145 e. The van der Waals surface area contributed by atoms with Gasteiger partial charge >= 0.3 is 0 Å². The molecular formula is C15H20N2O2. The molecule has 1 heterocycles. The summed E-state index contributed by atoms with van der Waals surface area (Å²) in [5.41, 5.74) is 1.82. The van der Waals surface area contributed by atoms with Gasteiger partial charge in [0, 0.05) is 18.0 Å². The van der Waals surface area contributed by atoms with E-state index in [9.17, 15) is 0 Å². The molecule has 0 aliphatic carbocycles. The van der Waals surface area contributed by atoms with Gasteiger partial charge in [-0.3, -0.25) is 0 Å². The highest BCUT2D eigenvalue weighted by Gasteiger charge is 2.06. The lowest BCUT2D eigenvalue weighted by Crippen LogP contribution is -2.31. The van der Waals surface area contributed by atoms with Crippen LogP contribution in [0, 0.1) is 0 Å². The Morgan fingerprint density at radius 1 is 1.32 bits per heavy atom. The van der Waals surface area contributed by atoms with Crippen molar-refractivity contribution in [2.45, 2.75) is 25.9 Å². The van der Waals surface area contributed by atoms with Crippen LogP contribution in [0.25, 0.3) is 10.9 Å². The minimum absolute atomic E-state index is 0.121. The van der Waals surface area contributed by atoms with Crippen molar-refractivity contribution in [1.82, 2.24) is 10.3 Å². The number of ether oxygens (including phenoxy) is 1. The molecule has 1 aromatic carbocycles. The lowest BCUT2D eigenvalue weighted by molar-refractivity contribution is 0.238. The van der Waals surface area contributed by atoms with Crippen LogP contribution in [0.1, 0.15) is 19.0 Å². The van der Waals surface area contributed by atoms with Gasteiger partial charge in [0.2, 0.25) is 0 Å². The highest BCUT2D eigenvalue weighted by Crippen LogP contribution is 2.23. The predicted octanol–water partition coefficient (Wildman–Crippen LogP) is 2.10. The summed E-state index contributed by atoms with van der Waals surface area (Å²) in [4.78, 5) is 4.62. The van der Waals surface area contributed by atoms with E-state index in [-0.39, 0.29) is 12.6 Å². The van der Waals surface area contributed by atoms with Crippen molar-refractivity contribution >= 4 is 10.9 Å². The number of hydrogen-bond donors (Lipinski definition) is 2. The molecule has 2 aromatic rings. The monoisotopic (exact) mass is 260 g/mol. The van der Waals surface area contributed by atoms with Crippen molar-refractivity contribution in [1.29, 1.82) is 0 Å². The Kier molecular flexibility index (Phi) is 4.71. The molecule has 4 nitrogen and oxygen atoms in total. The van der Waals surface area contributed by atoms with E-state index in [1.165, 1.54) is 0 Å². The molecule has 19 heavy (non-hydrogen) atoms. The summed E-state index contributed by atoms with van der Waals surface area (Å²) in [6.07, 6.45) is 0.896. The fraction of sp³-hybridized carbons (Fsp3) is 0.400. The molecule has 0 fully saturated rings. The predicted molar refractivity (Wildman–Crippen MR) is 76.3 cm³/mol. The van der Waals surface area contributed by atoms with Crippen molar-refractivity contribution in [3.63, 3.8) is 0 Å². The van der Waals surface area contributed by atoms with Crippen molar-refractivity contribution in [3.8, 4) is 5.75 Å². The number of nitrogens with one attached hydrogen (secondary N) is 1. The Balaban J connectivity index is 2.21. The van der Waals surface area contributed by atoms with E-state index in [1.54, 1.807) is 7.11 Å². The number of rotatable bonds is 6. The highest BCUT2D eigenvalue weighted by atomic mass is 16.5. The van der Waals surface area contributed by atoms with Crippen LogP contribution in [-0.4, -0.2) is 29.8 Å². The number of benzene rings is 1. The molecule has 2 rings (SSSR count). The van der Waals surface area contributed by atoms with Gasteiger partial charge in [0.05, 0.1) is 19.4 Å². The van der Waals surface area contributed by atoms with Crippen LogP contribution < -0.4 is 10.1 Å². The first kappa shape index (κ1) is 13.8. The Bertz CT molecular complexity index is 539. The van der Waals surface area contributed by atoms with Gasteiger partial charge in [0.15, 0.2) is 0 Å². The van der Waals surface area contributed by atoms with Crippen LogP contribution in [0.4, 0.5) is 0 Å². The molecule has 2 N–H and O–H groups in total. The van der Waals surface area contributed by atoms with E-state index in [0.29, 0.717) is 6.54 Å². The summed E-state index contributed by atoms with van der Waals surface area (Å²) in [5, 5.41) is 13.5. The first-order valence-corrected chi connectivity index (χ1v) is 6.55. The Labute approximate surface area is 113 Å². The lowest BCUT2D eigenvalue weighted by atomic mass is 10.2. The first-order valence-electron chi connectivity index (χ1n) is 6.55. The minimum Gasteiger partial charge on any atom is -0.494 e. The number of hydrogen-bond acceptors (Lipinski definition) is 4. The molecule has 1 aromatic heterocycles. The van der Waals surface area contributed by atoms with Gasteiger partial charge in [0.1, 0.15) is 11.3 Å². The zero-order chi connectivity index (χ0) is 13.7. The SMILES string of the molecule is CC[C@H](CO)NCc1ccc2cccc(OC)c2n1. The number of fused-ring (bicyclic) bond motifs is 1. The Hall–Kier alpha value is -1.65. The first-order chi connectivity index (χ1) is 9.28. The summed E-state index contributed by atoms with van der Waals surface area (Å²) < 4.78 is 5.33. The van der Waals surface area contributed by atoms with Crippen LogP contribution in [-0.2, 0) is 6.54 Å². The van der Waals surface area contributed by atoms with Crippen LogP contribution in [0.2, 0.25) is 0 Å². The smallest absolute Gasteiger partial charge is 0.145 e. The average Bonchev–Trinajstić information content (AvgIpc) is 2.47. The maximum absolute atomic E-state index is 9.16. The van der Waals surface area contributed by atoms with Crippen molar-refractivity contribution in [2.24, 2.45) is 0 Å². The quantitative estimate of drug-likeness (QED) is 0.835. The second-order valence-corrected chi connectivity index (χ2v) is 4.50. The largest absolute Gasteiger partial charge is 0.494 e. The summed E-state index contributed by atoms with van der Waals surface area (Å²) in [5.74, 6) is 0.786. The Morgan fingerprint density at radius 2 is 2.16 bits per heavy atom. The summed E-state index contributed by atoms with van der Waals surface area (Å²) in [7, 11) is 1.65. The molecule has 1 atom stereocenters. The molecule has 0 saturated carbocycles. The summed E-state index contributed by atoms with van der Waals surface area (Å²) in [6.45, 7) is 2.84. The van der Waals surface area contributed by atoms with E-state index >= 15 is 0 Å². The van der Waals surface area contributed by atoms with Crippen LogP contribution in [0.15, 0.2) is 30.3 Å². The molecule has 0 spiro atoms. The summed E-state index contributed by atoms with van der Waals surface area (Å²) >= 11 is 0. The van der Waals surface area contributed by atoms with Gasteiger partial charge < -0.3 is 15.2 Å². The van der Waals surface area contributed by atoms with Crippen LogP contribution >= 0.6 is 0 Å². The molecule has 0 amide bonds. The number of nitrogens with zero attached hydrogens (tertiary/aromatic N) is 1. The standard InChI is InChI=1S/C15H20N2O2/c1-3-12(10-18)16-9-13-8-7-11-5-4-6-14(19-2)15(11)17-13/h4-8,12,16,18H,3,9-10H2,1-2H3/t12-/m1/s1. The zero-order valence-corrected chi connectivity index (χ0v) is 11.4. The summed E-state index contributed by atoms with van der Waals surface area (Å²) in [6, 6.07) is 10.1. The number of aliphatic hydroxyl groups excluding tert-OH is 1. The van der Waals surface area contributed by atoms with E-state index in [1.807, 2.05) is 37.3 Å². The second kappa shape index (κ2) is 6.50. The third kappa shape index (κ3) is 3.22.